The summed E-state index contributed by atoms with van der Waals surface area (Å²) in [6, 6.07) is 3.34. The summed E-state index contributed by atoms with van der Waals surface area (Å²) >= 11 is 0. The standard InChI is InChI=1S/C14H22N2O4S/c1-12-10-15(8-9-19-12)11-13-4-5-14(20-13)21(17,18)16-6-2-3-7-16/h4-5,12H,2-3,6-11H2,1H3. The van der Waals surface area contributed by atoms with Crippen LogP contribution >= 0.6 is 0 Å². The van der Waals surface area contributed by atoms with Crippen molar-refractivity contribution in [2.45, 2.75) is 37.5 Å². The molecule has 0 spiro atoms. The van der Waals surface area contributed by atoms with Gasteiger partial charge in [-0.25, -0.2) is 8.42 Å². The molecule has 1 aromatic rings. The lowest BCUT2D eigenvalue weighted by Gasteiger charge is -2.30. The maximum atomic E-state index is 12.4. The van der Waals surface area contributed by atoms with Gasteiger partial charge in [-0.3, -0.25) is 4.90 Å². The van der Waals surface area contributed by atoms with E-state index in [4.69, 9.17) is 9.15 Å². The van der Waals surface area contributed by atoms with Gasteiger partial charge >= 0.3 is 0 Å². The van der Waals surface area contributed by atoms with Crippen LogP contribution in [0.4, 0.5) is 0 Å². The summed E-state index contributed by atoms with van der Waals surface area (Å²) in [4.78, 5) is 2.22. The molecule has 0 aliphatic carbocycles. The zero-order valence-electron chi connectivity index (χ0n) is 12.3. The van der Waals surface area contributed by atoms with Crippen molar-refractivity contribution in [3.63, 3.8) is 0 Å². The number of morpholine rings is 1. The summed E-state index contributed by atoms with van der Waals surface area (Å²) in [6.07, 6.45) is 2.07. The van der Waals surface area contributed by atoms with Crippen LogP contribution in [0.5, 0.6) is 0 Å². The highest BCUT2D eigenvalue weighted by Gasteiger charge is 2.30. The third kappa shape index (κ3) is 3.31. The summed E-state index contributed by atoms with van der Waals surface area (Å²) in [5.41, 5.74) is 0. The van der Waals surface area contributed by atoms with E-state index in [1.165, 1.54) is 4.31 Å². The lowest BCUT2D eigenvalue weighted by Crippen LogP contribution is -2.40. The van der Waals surface area contributed by atoms with Gasteiger partial charge in [0.2, 0.25) is 5.09 Å². The second kappa shape index (κ2) is 6.08. The van der Waals surface area contributed by atoms with Crippen molar-refractivity contribution in [1.29, 1.82) is 0 Å². The summed E-state index contributed by atoms with van der Waals surface area (Å²) in [7, 11) is -3.45. The molecule has 0 saturated carbocycles. The molecule has 7 heteroatoms. The topological polar surface area (TPSA) is 63.0 Å². The van der Waals surface area contributed by atoms with Crippen molar-refractivity contribution in [3.05, 3.63) is 17.9 Å². The monoisotopic (exact) mass is 314 g/mol. The van der Waals surface area contributed by atoms with Crippen LogP contribution in [0.25, 0.3) is 0 Å². The van der Waals surface area contributed by atoms with Crippen LogP contribution in [-0.2, 0) is 21.3 Å². The van der Waals surface area contributed by atoms with E-state index in [9.17, 15) is 8.42 Å². The Balaban J connectivity index is 1.68. The van der Waals surface area contributed by atoms with Gasteiger partial charge in [0.25, 0.3) is 10.0 Å². The lowest BCUT2D eigenvalue weighted by molar-refractivity contribution is -0.0233. The van der Waals surface area contributed by atoms with Gasteiger partial charge in [0.1, 0.15) is 5.76 Å². The zero-order chi connectivity index (χ0) is 14.9. The van der Waals surface area contributed by atoms with Crippen molar-refractivity contribution >= 4 is 10.0 Å². The quantitative estimate of drug-likeness (QED) is 0.838. The molecule has 3 rings (SSSR count). The van der Waals surface area contributed by atoms with Crippen LogP contribution < -0.4 is 0 Å². The zero-order valence-corrected chi connectivity index (χ0v) is 13.1. The largest absolute Gasteiger partial charge is 0.447 e. The van der Waals surface area contributed by atoms with E-state index < -0.39 is 10.0 Å². The summed E-state index contributed by atoms with van der Waals surface area (Å²) in [6.45, 7) is 6.26. The Kier molecular flexibility index (Phi) is 4.35. The molecule has 2 aliphatic heterocycles. The number of nitrogens with zero attached hydrogens (tertiary/aromatic N) is 2. The van der Waals surface area contributed by atoms with Crippen LogP contribution in [0.3, 0.4) is 0 Å². The summed E-state index contributed by atoms with van der Waals surface area (Å²) < 4.78 is 37.4. The lowest BCUT2D eigenvalue weighted by atomic mass is 10.3. The third-order valence-corrected chi connectivity index (χ3v) is 5.77. The van der Waals surface area contributed by atoms with Gasteiger partial charge in [-0.2, -0.15) is 4.31 Å². The molecule has 0 aromatic carbocycles. The molecule has 0 amide bonds. The highest BCUT2D eigenvalue weighted by molar-refractivity contribution is 7.89. The Hall–Kier alpha value is -0.890. The first-order valence-electron chi connectivity index (χ1n) is 7.48. The molecule has 3 heterocycles. The number of furan rings is 1. The van der Waals surface area contributed by atoms with Gasteiger partial charge in [0.15, 0.2) is 0 Å². The highest BCUT2D eigenvalue weighted by Crippen LogP contribution is 2.23. The van der Waals surface area contributed by atoms with Crippen molar-refractivity contribution in [1.82, 2.24) is 9.21 Å². The van der Waals surface area contributed by atoms with Gasteiger partial charge in [0, 0.05) is 26.2 Å². The maximum absolute atomic E-state index is 12.4. The highest BCUT2D eigenvalue weighted by atomic mass is 32.2. The number of hydrogen-bond donors (Lipinski definition) is 0. The van der Waals surface area contributed by atoms with Crippen LogP contribution in [-0.4, -0.2) is 56.5 Å². The minimum atomic E-state index is -3.45. The Morgan fingerprint density at radius 2 is 2.00 bits per heavy atom. The fraction of sp³-hybridized carbons (Fsp3) is 0.714. The SMILES string of the molecule is CC1CN(Cc2ccc(S(=O)(=O)N3CCCC3)o2)CCO1. The first-order valence-corrected chi connectivity index (χ1v) is 8.92. The van der Waals surface area contributed by atoms with Crippen molar-refractivity contribution in [2.24, 2.45) is 0 Å². The molecular formula is C14H22N2O4S. The second-order valence-corrected chi connectivity index (χ2v) is 7.62. The normalized spacial score (nSPS) is 25.5. The van der Waals surface area contributed by atoms with Crippen molar-refractivity contribution in [3.8, 4) is 0 Å². The van der Waals surface area contributed by atoms with Crippen LogP contribution in [0.15, 0.2) is 21.6 Å². The van der Waals surface area contributed by atoms with E-state index in [0.29, 0.717) is 32.0 Å². The molecule has 0 bridgehead atoms. The molecule has 2 saturated heterocycles. The maximum Gasteiger partial charge on any atom is 0.276 e. The van der Waals surface area contributed by atoms with Crippen LogP contribution in [0.1, 0.15) is 25.5 Å². The number of hydrogen-bond acceptors (Lipinski definition) is 5. The number of rotatable bonds is 4. The molecule has 118 valence electrons. The van der Waals surface area contributed by atoms with Gasteiger partial charge in [-0.1, -0.05) is 0 Å². The smallest absolute Gasteiger partial charge is 0.276 e. The van der Waals surface area contributed by atoms with Gasteiger partial charge in [-0.15, -0.1) is 0 Å². The Bertz CT molecular complexity index is 578. The number of ether oxygens (including phenoxy) is 1. The Labute approximate surface area is 125 Å². The fourth-order valence-electron chi connectivity index (χ4n) is 2.89. The summed E-state index contributed by atoms with van der Waals surface area (Å²) in [5.74, 6) is 0.696. The van der Waals surface area contributed by atoms with Gasteiger partial charge in [-0.05, 0) is 31.9 Å². The first kappa shape index (κ1) is 15.0. The molecule has 1 unspecified atom stereocenters. The molecule has 1 aromatic heterocycles. The molecule has 21 heavy (non-hydrogen) atoms. The van der Waals surface area contributed by atoms with E-state index in [0.717, 1.165) is 25.9 Å². The van der Waals surface area contributed by atoms with Gasteiger partial charge < -0.3 is 9.15 Å². The predicted molar refractivity (Wildman–Crippen MR) is 77.4 cm³/mol. The van der Waals surface area contributed by atoms with E-state index in [2.05, 4.69) is 4.90 Å². The van der Waals surface area contributed by atoms with E-state index in [1.807, 2.05) is 6.92 Å². The third-order valence-electron chi connectivity index (χ3n) is 4.00. The molecule has 2 aliphatic rings. The Morgan fingerprint density at radius 3 is 2.71 bits per heavy atom. The average molecular weight is 314 g/mol. The minimum Gasteiger partial charge on any atom is -0.447 e. The minimum absolute atomic E-state index is 0.0701. The molecule has 2 fully saturated rings. The van der Waals surface area contributed by atoms with Gasteiger partial charge in [0.05, 0.1) is 19.3 Å². The molecule has 0 N–H and O–H groups in total. The average Bonchev–Trinajstić information content (AvgIpc) is 3.10. The number of sulfonamides is 1. The summed E-state index contributed by atoms with van der Waals surface area (Å²) in [5, 5.41) is 0.0701. The fourth-order valence-corrected chi connectivity index (χ4v) is 4.34. The van der Waals surface area contributed by atoms with Crippen LogP contribution in [0.2, 0.25) is 0 Å². The van der Waals surface area contributed by atoms with E-state index in [-0.39, 0.29) is 11.2 Å². The van der Waals surface area contributed by atoms with Crippen LogP contribution in [0, 0.1) is 0 Å². The van der Waals surface area contributed by atoms with E-state index >= 15 is 0 Å². The predicted octanol–water partition coefficient (Wildman–Crippen LogP) is 1.28. The molecular weight excluding hydrogens is 292 g/mol. The second-order valence-electron chi connectivity index (χ2n) is 5.75. The Morgan fingerprint density at radius 1 is 1.24 bits per heavy atom. The molecule has 6 nitrogen and oxygen atoms in total. The molecule has 1 atom stereocenters. The van der Waals surface area contributed by atoms with Crippen molar-refractivity contribution in [2.75, 3.05) is 32.8 Å². The van der Waals surface area contributed by atoms with E-state index in [1.54, 1.807) is 12.1 Å². The van der Waals surface area contributed by atoms with Crippen molar-refractivity contribution < 1.29 is 17.6 Å². The first-order chi connectivity index (χ1) is 10.1. The molecule has 0 radical (unpaired) electrons.